The Morgan fingerprint density at radius 3 is 2.50 bits per heavy atom. The smallest absolute Gasteiger partial charge is 0.395 e. The van der Waals surface area contributed by atoms with Crippen LogP contribution in [0, 0.1) is 5.41 Å². The van der Waals surface area contributed by atoms with Crippen LogP contribution in [-0.2, 0) is 12.8 Å². The Balaban J connectivity index is 1.44. The molecule has 0 saturated heterocycles. The van der Waals surface area contributed by atoms with Crippen LogP contribution in [0.3, 0.4) is 0 Å². The maximum Gasteiger partial charge on any atom is 0.586 e. The van der Waals surface area contributed by atoms with Gasteiger partial charge in [-0.3, -0.25) is 5.41 Å². The monoisotopic (exact) mass is 409 g/mol. The fourth-order valence-corrected chi connectivity index (χ4v) is 3.86. The number of hydrogen-bond acceptors (Lipinski definition) is 7. The number of rotatable bonds is 4. The van der Waals surface area contributed by atoms with Gasteiger partial charge in [0.2, 0.25) is 0 Å². The van der Waals surface area contributed by atoms with Crippen LogP contribution in [0.2, 0.25) is 0 Å². The molecule has 5 rings (SSSR count). The van der Waals surface area contributed by atoms with Crippen molar-refractivity contribution < 1.29 is 18.3 Å². The highest BCUT2D eigenvalue weighted by Crippen LogP contribution is 2.41. The number of hydrogen-bond donors (Lipinski definition) is 3. The van der Waals surface area contributed by atoms with Crippen molar-refractivity contribution >= 4 is 17.3 Å². The topological polar surface area (TPSA) is 106 Å². The average Bonchev–Trinajstić information content (AvgIpc) is 3.25. The Morgan fingerprint density at radius 2 is 1.77 bits per heavy atom. The molecule has 0 atom stereocenters. The first-order valence-corrected chi connectivity index (χ1v) is 9.32. The summed E-state index contributed by atoms with van der Waals surface area (Å²) in [5, 5.41) is 12.0. The minimum atomic E-state index is -3.72. The van der Waals surface area contributed by atoms with E-state index in [-0.39, 0.29) is 29.1 Å². The van der Waals surface area contributed by atoms with Gasteiger partial charge in [0.05, 0.1) is 11.3 Å². The van der Waals surface area contributed by atoms with Crippen molar-refractivity contribution in [2.45, 2.75) is 25.2 Å². The lowest BCUT2D eigenvalue weighted by atomic mass is 10.0. The summed E-state index contributed by atoms with van der Waals surface area (Å²) in [6.07, 6.45) is -0.739. The van der Waals surface area contributed by atoms with E-state index in [1.807, 2.05) is 12.1 Å². The summed E-state index contributed by atoms with van der Waals surface area (Å²) in [6, 6.07) is 12.4. The highest BCUT2D eigenvalue weighted by molar-refractivity contribution is 6.16. The van der Waals surface area contributed by atoms with E-state index in [9.17, 15) is 8.78 Å². The maximum atomic E-state index is 13.3. The lowest BCUT2D eigenvalue weighted by molar-refractivity contribution is -0.286. The number of alkyl halides is 2. The molecule has 1 aromatic heterocycles. The maximum absolute atomic E-state index is 13.3. The van der Waals surface area contributed by atoms with Gasteiger partial charge in [0.15, 0.2) is 11.5 Å². The number of halogens is 2. The van der Waals surface area contributed by atoms with Crippen molar-refractivity contribution in [2.75, 3.05) is 11.1 Å². The first kappa shape index (κ1) is 18.3. The molecule has 30 heavy (non-hydrogen) atoms. The van der Waals surface area contributed by atoms with Crippen molar-refractivity contribution in [3.63, 3.8) is 0 Å². The number of anilines is 2. The highest BCUT2D eigenvalue weighted by atomic mass is 19.3. The molecule has 9 heteroatoms. The van der Waals surface area contributed by atoms with Gasteiger partial charge in [-0.05, 0) is 42.2 Å². The SMILES string of the molecule is N=C(c1ccc2c(c1)OC(F)(F)O2)c1c(N)ncnc1NC1Cc2ccccc2C1. The van der Waals surface area contributed by atoms with Gasteiger partial charge in [-0.15, -0.1) is 8.78 Å². The molecule has 0 radical (unpaired) electrons. The summed E-state index contributed by atoms with van der Waals surface area (Å²) in [6.45, 7) is 0. The van der Waals surface area contributed by atoms with Crippen LogP contribution in [0.1, 0.15) is 22.3 Å². The minimum Gasteiger partial charge on any atom is -0.395 e. The van der Waals surface area contributed by atoms with Gasteiger partial charge in [0, 0.05) is 11.6 Å². The largest absolute Gasteiger partial charge is 0.586 e. The van der Waals surface area contributed by atoms with E-state index in [2.05, 4.69) is 36.9 Å². The Hall–Kier alpha value is -3.75. The van der Waals surface area contributed by atoms with E-state index in [0.29, 0.717) is 16.9 Å². The first-order valence-electron chi connectivity index (χ1n) is 9.32. The van der Waals surface area contributed by atoms with E-state index < -0.39 is 6.29 Å². The fourth-order valence-electron chi connectivity index (χ4n) is 3.86. The lowest BCUT2D eigenvalue weighted by Gasteiger charge is -2.17. The second-order valence-corrected chi connectivity index (χ2v) is 7.20. The zero-order chi connectivity index (χ0) is 20.9. The normalized spacial score (nSPS) is 16.3. The Morgan fingerprint density at radius 1 is 1.07 bits per heavy atom. The van der Waals surface area contributed by atoms with Crippen LogP contribution in [0.15, 0.2) is 48.8 Å². The van der Waals surface area contributed by atoms with Crippen molar-refractivity contribution in [2.24, 2.45) is 0 Å². The van der Waals surface area contributed by atoms with Gasteiger partial charge in [0.25, 0.3) is 0 Å². The van der Waals surface area contributed by atoms with Gasteiger partial charge in [-0.2, -0.15) is 0 Å². The Bertz CT molecular complexity index is 1140. The Labute approximate surface area is 170 Å². The molecule has 0 fully saturated rings. The predicted octanol–water partition coefficient (Wildman–Crippen LogP) is 3.38. The highest BCUT2D eigenvalue weighted by Gasteiger charge is 2.43. The molecule has 0 unspecified atom stereocenters. The molecule has 0 spiro atoms. The molecule has 1 aliphatic heterocycles. The van der Waals surface area contributed by atoms with E-state index in [0.717, 1.165) is 12.8 Å². The quantitative estimate of drug-likeness (QED) is 0.571. The number of nitrogen functional groups attached to an aromatic ring is 1. The molecule has 152 valence electrons. The van der Waals surface area contributed by atoms with E-state index >= 15 is 0 Å². The second-order valence-electron chi connectivity index (χ2n) is 7.20. The first-order chi connectivity index (χ1) is 14.4. The van der Waals surface area contributed by atoms with Crippen LogP contribution in [0.5, 0.6) is 11.5 Å². The number of benzene rings is 2. The molecule has 4 N–H and O–H groups in total. The molecule has 0 saturated carbocycles. The van der Waals surface area contributed by atoms with Crippen molar-refractivity contribution in [3.8, 4) is 11.5 Å². The molecule has 0 amide bonds. The zero-order valence-electron chi connectivity index (χ0n) is 15.7. The van der Waals surface area contributed by atoms with Crippen LogP contribution < -0.4 is 20.5 Å². The number of nitrogens with zero attached hydrogens (tertiary/aromatic N) is 2. The minimum absolute atomic E-state index is 0.00673. The van der Waals surface area contributed by atoms with E-state index in [4.69, 9.17) is 11.1 Å². The molecule has 2 heterocycles. The van der Waals surface area contributed by atoms with E-state index in [1.165, 1.54) is 35.7 Å². The standard InChI is InChI=1S/C21H17F2N5O2/c22-21(23)29-15-6-5-13(9-16(15)30-21)18(24)17-19(25)26-10-27-20(17)28-14-7-11-3-1-2-4-12(11)8-14/h1-6,9-10,14,24H,7-8H2,(H3,25,26,27,28). The number of ether oxygens (including phenoxy) is 2. The van der Waals surface area contributed by atoms with Gasteiger partial charge in [-0.1, -0.05) is 24.3 Å². The molecular weight excluding hydrogens is 392 g/mol. The number of nitrogens with one attached hydrogen (secondary N) is 2. The summed E-state index contributed by atoms with van der Waals surface area (Å²) < 4.78 is 35.5. The third kappa shape index (κ3) is 3.18. The molecule has 7 nitrogen and oxygen atoms in total. The van der Waals surface area contributed by atoms with Gasteiger partial charge < -0.3 is 20.5 Å². The summed E-state index contributed by atoms with van der Waals surface area (Å²) in [5.41, 5.74) is 9.23. The van der Waals surface area contributed by atoms with Crippen molar-refractivity contribution in [1.29, 1.82) is 5.41 Å². The summed E-state index contributed by atoms with van der Waals surface area (Å²) >= 11 is 0. The summed E-state index contributed by atoms with van der Waals surface area (Å²) in [7, 11) is 0. The molecule has 1 aliphatic carbocycles. The van der Waals surface area contributed by atoms with Gasteiger partial charge in [0.1, 0.15) is 18.0 Å². The third-order valence-electron chi connectivity index (χ3n) is 5.21. The Kier molecular flexibility index (Phi) is 4.05. The van der Waals surface area contributed by atoms with Gasteiger partial charge >= 0.3 is 6.29 Å². The van der Waals surface area contributed by atoms with Crippen LogP contribution in [0.4, 0.5) is 20.4 Å². The number of aromatic nitrogens is 2. The fraction of sp³-hybridized carbons (Fsp3) is 0.190. The van der Waals surface area contributed by atoms with Crippen molar-refractivity contribution in [1.82, 2.24) is 9.97 Å². The molecule has 0 bridgehead atoms. The van der Waals surface area contributed by atoms with Crippen LogP contribution in [-0.4, -0.2) is 28.0 Å². The molecule has 3 aromatic rings. The third-order valence-corrected chi connectivity index (χ3v) is 5.21. The number of fused-ring (bicyclic) bond motifs is 2. The molecule has 2 aliphatic rings. The van der Waals surface area contributed by atoms with Crippen LogP contribution >= 0.6 is 0 Å². The van der Waals surface area contributed by atoms with Crippen molar-refractivity contribution in [3.05, 3.63) is 71.0 Å². The molecular formula is C21H17F2N5O2. The van der Waals surface area contributed by atoms with Crippen LogP contribution in [0.25, 0.3) is 0 Å². The summed E-state index contributed by atoms with van der Waals surface area (Å²) in [5.74, 6) is 0.318. The van der Waals surface area contributed by atoms with Gasteiger partial charge in [-0.25, -0.2) is 9.97 Å². The zero-order valence-corrected chi connectivity index (χ0v) is 15.7. The number of nitrogens with two attached hydrogens (primary N) is 1. The summed E-state index contributed by atoms with van der Waals surface area (Å²) in [4.78, 5) is 8.29. The predicted molar refractivity (Wildman–Crippen MR) is 106 cm³/mol. The van der Waals surface area contributed by atoms with E-state index in [1.54, 1.807) is 0 Å². The molecule has 2 aromatic carbocycles. The second kappa shape index (κ2) is 6.65. The average molecular weight is 409 g/mol. The lowest BCUT2D eigenvalue weighted by Crippen LogP contribution is -2.26.